The van der Waals surface area contributed by atoms with Gasteiger partial charge in [0.05, 0.1) is 6.61 Å². The summed E-state index contributed by atoms with van der Waals surface area (Å²) >= 11 is 0. The number of carbonyl (C=O) groups excluding carboxylic acids is 1. The van der Waals surface area contributed by atoms with E-state index in [1.54, 1.807) is 0 Å². The van der Waals surface area contributed by atoms with Gasteiger partial charge in [-0.15, -0.1) is 0 Å². The average molecular weight is 290 g/mol. The molecule has 0 spiro atoms. The molecule has 0 bridgehead atoms. The highest BCUT2D eigenvalue weighted by Crippen LogP contribution is 2.26. The molecule has 1 saturated heterocycles. The van der Waals surface area contributed by atoms with Crippen molar-refractivity contribution >= 4 is 6.41 Å². The second-order valence-electron chi connectivity index (χ2n) is 5.62. The predicted molar refractivity (Wildman–Crippen MR) is 84.5 cm³/mol. The maximum Gasteiger partial charge on any atom is 0.207 e. The van der Waals surface area contributed by atoms with Crippen molar-refractivity contribution in [2.24, 2.45) is 0 Å². The highest BCUT2D eigenvalue weighted by molar-refractivity contribution is 5.45. The molecule has 4 heteroatoms. The normalized spacial score (nSPS) is 17.2. The minimum atomic E-state index is 0.450. The third-order valence-electron chi connectivity index (χ3n) is 4.10. The van der Waals surface area contributed by atoms with Crippen LogP contribution >= 0.6 is 0 Å². The predicted octanol–water partition coefficient (Wildman–Crippen LogP) is 2.75. The third-order valence-corrected chi connectivity index (χ3v) is 4.10. The SMILES string of the molecule is CC(c1cccc(OCCCNC=O)c1)N1CCCCC1. The Morgan fingerprint density at radius 3 is 2.90 bits per heavy atom. The first-order valence-corrected chi connectivity index (χ1v) is 7.95. The fraction of sp³-hybridized carbons (Fsp3) is 0.588. The van der Waals surface area contributed by atoms with E-state index >= 15 is 0 Å². The van der Waals surface area contributed by atoms with E-state index in [4.69, 9.17) is 4.74 Å². The van der Waals surface area contributed by atoms with Crippen molar-refractivity contribution in [1.29, 1.82) is 0 Å². The maximum absolute atomic E-state index is 10.2. The van der Waals surface area contributed by atoms with E-state index in [-0.39, 0.29) is 0 Å². The van der Waals surface area contributed by atoms with Crippen LogP contribution in [0.2, 0.25) is 0 Å². The number of nitrogens with zero attached hydrogens (tertiary/aromatic N) is 1. The lowest BCUT2D eigenvalue weighted by atomic mass is 10.0. The zero-order valence-electron chi connectivity index (χ0n) is 12.9. The molecule has 1 atom stereocenters. The van der Waals surface area contributed by atoms with Crippen molar-refractivity contribution < 1.29 is 9.53 Å². The van der Waals surface area contributed by atoms with Crippen molar-refractivity contribution in [3.05, 3.63) is 29.8 Å². The first-order chi connectivity index (χ1) is 10.3. The number of carbonyl (C=O) groups is 1. The van der Waals surface area contributed by atoms with Gasteiger partial charge < -0.3 is 10.1 Å². The first-order valence-electron chi connectivity index (χ1n) is 7.95. The lowest BCUT2D eigenvalue weighted by molar-refractivity contribution is -0.109. The molecule has 0 aromatic heterocycles. The Labute approximate surface area is 127 Å². The summed E-state index contributed by atoms with van der Waals surface area (Å²) in [7, 11) is 0. The van der Waals surface area contributed by atoms with E-state index in [2.05, 4.69) is 35.3 Å². The van der Waals surface area contributed by atoms with Gasteiger partial charge in [0.1, 0.15) is 5.75 Å². The Kier molecular flexibility index (Phi) is 6.54. The molecule has 1 fully saturated rings. The highest BCUT2D eigenvalue weighted by atomic mass is 16.5. The summed E-state index contributed by atoms with van der Waals surface area (Å²) in [5.74, 6) is 0.919. The van der Waals surface area contributed by atoms with Crippen LogP contribution in [0.5, 0.6) is 5.75 Å². The lowest BCUT2D eigenvalue weighted by Gasteiger charge is -2.32. The Bertz CT molecular complexity index is 431. The van der Waals surface area contributed by atoms with Crippen LogP contribution in [-0.2, 0) is 4.79 Å². The van der Waals surface area contributed by atoms with Crippen LogP contribution < -0.4 is 10.1 Å². The van der Waals surface area contributed by atoms with Crippen LogP contribution in [0.3, 0.4) is 0 Å². The Hall–Kier alpha value is -1.55. The lowest BCUT2D eigenvalue weighted by Crippen LogP contribution is -2.32. The Morgan fingerprint density at radius 1 is 1.33 bits per heavy atom. The smallest absolute Gasteiger partial charge is 0.207 e. The standard InChI is InChI=1S/C17H26N2O2/c1-15(19-10-3-2-4-11-19)16-7-5-8-17(13-16)21-12-6-9-18-14-20/h5,7-8,13-15H,2-4,6,9-12H2,1H3,(H,18,20). The molecule has 0 radical (unpaired) electrons. The number of hydrogen-bond donors (Lipinski definition) is 1. The van der Waals surface area contributed by atoms with E-state index < -0.39 is 0 Å². The van der Waals surface area contributed by atoms with Crippen molar-refractivity contribution in [3.8, 4) is 5.75 Å². The van der Waals surface area contributed by atoms with Gasteiger partial charge in [0.15, 0.2) is 0 Å². The molecule has 0 saturated carbocycles. The quantitative estimate of drug-likeness (QED) is 0.591. The van der Waals surface area contributed by atoms with Crippen molar-refractivity contribution in [2.45, 2.75) is 38.6 Å². The largest absolute Gasteiger partial charge is 0.494 e. The van der Waals surface area contributed by atoms with E-state index in [0.29, 0.717) is 19.2 Å². The van der Waals surface area contributed by atoms with Gasteiger partial charge in [-0.25, -0.2) is 0 Å². The molecule has 1 aromatic carbocycles. The van der Waals surface area contributed by atoms with E-state index in [9.17, 15) is 4.79 Å². The number of piperidine rings is 1. The molecule has 1 N–H and O–H groups in total. The van der Waals surface area contributed by atoms with E-state index in [1.807, 2.05) is 6.07 Å². The molecule has 116 valence electrons. The molecular weight excluding hydrogens is 264 g/mol. The summed E-state index contributed by atoms with van der Waals surface area (Å²) in [6.45, 7) is 5.96. The second kappa shape index (κ2) is 8.67. The zero-order chi connectivity index (χ0) is 14.9. The second-order valence-corrected chi connectivity index (χ2v) is 5.62. The van der Waals surface area contributed by atoms with Crippen molar-refractivity contribution in [1.82, 2.24) is 10.2 Å². The molecule has 21 heavy (non-hydrogen) atoms. The molecule has 1 aromatic rings. The zero-order valence-corrected chi connectivity index (χ0v) is 12.9. The maximum atomic E-state index is 10.2. The Morgan fingerprint density at radius 2 is 2.14 bits per heavy atom. The molecule has 2 rings (SSSR count). The minimum absolute atomic E-state index is 0.450. The monoisotopic (exact) mass is 290 g/mol. The number of rotatable bonds is 8. The highest BCUT2D eigenvalue weighted by Gasteiger charge is 2.18. The molecular formula is C17H26N2O2. The molecule has 4 nitrogen and oxygen atoms in total. The van der Waals surface area contributed by atoms with E-state index in [1.165, 1.54) is 37.9 Å². The molecule has 1 aliphatic heterocycles. The summed E-state index contributed by atoms with van der Waals surface area (Å²) < 4.78 is 5.76. The molecule has 1 aliphatic rings. The van der Waals surface area contributed by atoms with Gasteiger partial charge >= 0.3 is 0 Å². The average Bonchev–Trinajstić information content (AvgIpc) is 2.55. The fourth-order valence-electron chi connectivity index (χ4n) is 2.80. The number of amides is 1. The Balaban J connectivity index is 1.85. The van der Waals surface area contributed by atoms with E-state index in [0.717, 1.165) is 18.6 Å². The molecule has 1 amide bonds. The van der Waals surface area contributed by atoms with Gasteiger partial charge in [-0.1, -0.05) is 18.6 Å². The number of likely N-dealkylation sites (tertiary alicyclic amines) is 1. The van der Waals surface area contributed by atoms with Crippen LogP contribution in [-0.4, -0.2) is 37.6 Å². The summed E-state index contributed by atoms with van der Waals surface area (Å²) in [5, 5.41) is 2.64. The summed E-state index contributed by atoms with van der Waals surface area (Å²) in [6.07, 6.45) is 5.53. The fourth-order valence-corrected chi connectivity index (χ4v) is 2.80. The number of hydrogen-bond acceptors (Lipinski definition) is 3. The van der Waals surface area contributed by atoms with Gasteiger partial charge in [0.25, 0.3) is 0 Å². The van der Waals surface area contributed by atoms with Crippen molar-refractivity contribution in [2.75, 3.05) is 26.2 Å². The van der Waals surface area contributed by atoms with Gasteiger partial charge in [-0.3, -0.25) is 9.69 Å². The number of nitrogens with one attached hydrogen (secondary N) is 1. The number of benzene rings is 1. The van der Waals surface area contributed by atoms with Gasteiger partial charge in [0.2, 0.25) is 6.41 Å². The first kappa shape index (κ1) is 15.8. The summed E-state index contributed by atoms with van der Waals surface area (Å²) in [5.41, 5.74) is 1.32. The molecule has 1 heterocycles. The molecule has 1 unspecified atom stereocenters. The van der Waals surface area contributed by atoms with Crippen LogP contribution in [0, 0.1) is 0 Å². The molecule has 0 aliphatic carbocycles. The van der Waals surface area contributed by atoms with Crippen molar-refractivity contribution in [3.63, 3.8) is 0 Å². The number of ether oxygens (including phenoxy) is 1. The summed E-state index contributed by atoms with van der Waals surface area (Å²) in [4.78, 5) is 12.7. The van der Waals surface area contributed by atoms with Crippen LogP contribution in [0.25, 0.3) is 0 Å². The van der Waals surface area contributed by atoms with Gasteiger partial charge in [0, 0.05) is 12.6 Å². The van der Waals surface area contributed by atoms with Gasteiger partial charge in [-0.2, -0.15) is 0 Å². The van der Waals surface area contributed by atoms with Crippen LogP contribution in [0.4, 0.5) is 0 Å². The topological polar surface area (TPSA) is 41.6 Å². The third kappa shape index (κ3) is 5.05. The summed E-state index contributed by atoms with van der Waals surface area (Å²) in [6, 6.07) is 8.84. The van der Waals surface area contributed by atoms with Crippen LogP contribution in [0.15, 0.2) is 24.3 Å². The minimum Gasteiger partial charge on any atom is -0.494 e. The van der Waals surface area contributed by atoms with Crippen LogP contribution in [0.1, 0.15) is 44.2 Å². The van der Waals surface area contributed by atoms with Gasteiger partial charge in [-0.05, 0) is 57.0 Å².